The smallest absolute Gasteiger partial charge is 0.265 e. The largest absolute Gasteiger partial charge is 0.478 e. The van der Waals surface area contributed by atoms with Gasteiger partial charge < -0.3 is 15.4 Å². The number of likely N-dealkylation sites (N-methyl/N-ethyl adjacent to an activating group) is 1. The van der Waals surface area contributed by atoms with Gasteiger partial charge in [-0.25, -0.2) is 12.8 Å². The molecule has 1 aliphatic rings. The van der Waals surface area contributed by atoms with Gasteiger partial charge in [0.15, 0.2) is 6.10 Å². The monoisotopic (exact) mass is 469 g/mol. The highest BCUT2D eigenvalue weighted by atomic mass is 35.5. The number of benzene rings is 2. The summed E-state index contributed by atoms with van der Waals surface area (Å²) in [5, 5.41) is 5.19. The van der Waals surface area contributed by atoms with E-state index in [0.29, 0.717) is 17.7 Å². The topological polar surface area (TPSA) is 105 Å². The van der Waals surface area contributed by atoms with E-state index in [0.717, 1.165) is 10.4 Å². The summed E-state index contributed by atoms with van der Waals surface area (Å²) in [4.78, 5) is 24.2. The zero-order valence-electron chi connectivity index (χ0n) is 17.0. The van der Waals surface area contributed by atoms with Crippen molar-refractivity contribution < 1.29 is 27.1 Å². The molecule has 0 fully saturated rings. The van der Waals surface area contributed by atoms with Crippen LogP contribution in [0.15, 0.2) is 35.2 Å². The Hall–Kier alpha value is -2.69. The van der Waals surface area contributed by atoms with Crippen molar-refractivity contribution >= 4 is 44.8 Å². The minimum absolute atomic E-state index is 0.0646. The molecule has 0 saturated heterocycles. The van der Waals surface area contributed by atoms with Gasteiger partial charge in [0, 0.05) is 18.1 Å². The molecule has 1 heterocycles. The molecule has 2 aromatic carbocycles. The van der Waals surface area contributed by atoms with Crippen LogP contribution in [0.4, 0.5) is 15.8 Å². The van der Waals surface area contributed by atoms with E-state index in [1.165, 1.54) is 31.3 Å². The third kappa shape index (κ3) is 4.81. The first kappa shape index (κ1) is 23.0. The van der Waals surface area contributed by atoms with E-state index in [-0.39, 0.29) is 27.3 Å². The van der Waals surface area contributed by atoms with Crippen LogP contribution in [0.2, 0.25) is 5.02 Å². The van der Waals surface area contributed by atoms with Crippen molar-refractivity contribution in [1.82, 2.24) is 4.31 Å². The summed E-state index contributed by atoms with van der Waals surface area (Å²) in [6.45, 7) is 2.80. The van der Waals surface area contributed by atoms with E-state index in [2.05, 4.69) is 10.6 Å². The Morgan fingerprint density at radius 1 is 1.32 bits per heavy atom. The fourth-order valence-corrected chi connectivity index (χ4v) is 4.57. The number of anilines is 2. The van der Waals surface area contributed by atoms with Gasteiger partial charge in [-0.1, -0.05) is 18.5 Å². The molecule has 166 valence electrons. The predicted molar refractivity (Wildman–Crippen MR) is 114 cm³/mol. The number of aryl methyl sites for hydroxylation is 1. The Bertz CT molecular complexity index is 1160. The highest BCUT2D eigenvalue weighted by molar-refractivity contribution is 7.89. The molecule has 0 aliphatic carbocycles. The lowest BCUT2D eigenvalue weighted by atomic mass is 10.1. The highest BCUT2D eigenvalue weighted by Gasteiger charge is 2.31. The molecule has 0 radical (unpaired) electrons. The number of sulfonamides is 1. The average molecular weight is 470 g/mol. The second-order valence-electron chi connectivity index (χ2n) is 7.05. The fourth-order valence-electron chi connectivity index (χ4n) is 3.07. The molecule has 31 heavy (non-hydrogen) atoms. The van der Waals surface area contributed by atoms with Crippen molar-refractivity contribution in [3.05, 3.63) is 46.7 Å². The van der Waals surface area contributed by atoms with Crippen LogP contribution in [0.1, 0.15) is 18.9 Å². The van der Waals surface area contributed by atoms with Gasteiger partial charge in [0.1, 0.15) is 11.6 Å². The van der Waals surface area contributed by atoms with Crippen LogP contribution >= 0.6 is 11.6 Å². The maximum atomic E-state index is 13.9. The number of fused-ring (bicyclic) bond motifs is 1. The number of nitrogens with zero attached hydrogens (tertiary/aromatic N) is 1. The molecule has 2 amide bonds. The van der Waals surface area contributed by atoms with Crippen LogP contribution in [-0.2, 0) is 19.6 Å². The van der Waals surface area contributed by atoms with E-state index in [1.807, 2.05) is 0 Å². The Labute approximate surface area is 184 Å². The molecular weight excluding hydrogens is 449 g/mol. The Balaban J connectivity index is 1.80. The van der Waals surface area contributed by atoms with E-state index >= 15 is 0 Å². The van der Waals surface area contributed by atoms with Gasteiger partial charge in [0.2, 0.25) is 15.9 Å². The fraction of sp³-hybridized carbons (Fsp3) is 0.300. The number of hydrogen-bond donors (Lipinski definition) is 2. The van der Waals surface area contributed by atoms with Gasteiger partial charge in [0.05, 0.1) is 22.8 Å². The summed E-state index contributed by atoms with van der Waals surface area (Å²) in [5.41, 5.74) is 0.637. The second kappa shape index (κ2) is 8.81. The Kier molecular flexibility index (Phi) is 6.54. The summed E-state index contributed by atoms with van der Waals surface area (Å²) in [5.74, 6) is -1.52. The standard InChI is InChI=1S/C20H21ClFN3O5S/c1-4-16-20(27)24-15-7-11(2)18(9-17(15)30-16)31(28,29)25(3)10-19(26)23-14-6-5-12(21)8-13(14)22/h5-9,16H,4,10H2,1-3H3,(H,23,26)(H,24,27)/t16-/m0/s1. The quantitative estimate of drug-likeness (QED) is 0.676. The van der Waals surface area contributed by atoms with Gasteiger partial charge >= 0.3 is 0 Å². The molecule has 0 bridgehead atoms. The number of halogens is 2. The molecule has 11 heteroatoms. The first-order valence-corrected chi connectivity index (χ1v) is 11.2. The highest BCUT2D eigenvalue weighted by Crippen LogP contribution is 2.35. The van der Waals surface area contributed by atoms with Gasteiger partial charge in [-0.05, 0) is 43.2 Å². The third-order valence-corrected chi connectivity index (χ3v) is 6.91. The SMILES string of the molecule is CC[C@@H]1Oc2cc(S(=O)(=O)N(C)CC(=O)Nc3ccc(Cl)cc3F)c(C)cc2NC1=O. The lowest BCUT2D eigenvalue weighted by Crippen LogP contribution is -2.37. The van der Waals surface area contributed by atoms with Gasteiger partial charge in [0.25, 0.3) is 5.91 Å². The Morgan fingerprint density at radius 2 is 2.03 bits per heavy atom. The zero-order chi connectivity index (χ0) is 22.9. The number of amides is 2. The molecule has 0 aromatic heterocycles. The third-order valence-electron chi connectivity index (χ3n) is 4.73. The minimum Gasteiger partial charge on any atom is -0.478 e. The van der Waals surface area contributed by atoms with E-state index in [9.17, 15) is 22.4 Å². The number of ether oxygens (including phenoxy) is 1. The molecule has 2 N–H and O–H groups in total. The van der Waals surface area contributed by atoms with Crippen LogP contribution in [0.5, 0.6) is 5.75 Å². The maximum absolute atomic E-state index is 13.9. The van der Waals surface area contributed by atoms with E-state index < -0.39 is 34.4 Å². The van der Waals surface area contributed by atoms with Crippen molar-refractivity contribution in [2.75, 3.05) is 24.2 Å². The average Bonchev–Trinajstić information content (AvgIpc) is 2.69. The first-order chi connectivity index (χ1) is 14.5. The molecular formula is C20H21ClFN3O5S. The summed E-state index contributed by atoms with van der Waals surface area (Å²) in [7, 11) is -2.84. The van der Waals surface area contributed by atoms with Crippen molar-refractivity contribution in [2.24, 2.45) is 0 Å². The molecule has 1 atom stereocenters. The number of rotatable bonds is 6. The summed E-state index contributed by atoms with van der Waals surface area (Å²) in [6.07, 6.45) is -0.300. The predicted octanol–water partition coefficient (Wildman–Crippen LogP) is 3.16. The van der Waals surface area contributed by atoms with E-state index in [1.54, 1.807) is 13.8 Å². The lowest BCUT2D eigenvalue weighted by Gasteiger charge is -2.27. The first-order valence-electron chi connectivity index (χ1n) is 9.36. The normalized spacial score (nSPS) is 15.8. The summed E-state index contributed by atoms with van der Waals surface area (Å²) in [6, 6.07) is 6.56. The van der Waals surface area contributed by atoms with Crippen molar-refractivity contribution in [1.29, 1.82) is 0 Å². The molecule has 0 unspecified atom stereocenters. The molecule has 3 rings (SSSR count). The number of nitrogens with one attached hydrogen (secondary N) is 2. The number of carbonyl (C=O) groups excluding carboxylic acids is 2. The van der Waals surface area contributed by atoms with Crippen molar-refractivity contribution in [3.8, 4) is 5.75 Å². The van der Waals surface area contributed by atoms with Gasteiger partial charge in [-0.3, -0.25) is 9.59 Å². The summed E-state index contributed by atoms with van der Waals surface area (Å²) < 4.78 is 46.5. The Morgan fingerprint density at radius 3 is 2.68 bits per heavy atom. The van der Waals surface area contributed by atoms with Crippen molar-refractivity contribution in [2.45, 2.75) is 31.3 Å². The van der Waals surface area contributed by atoms with Crippen LogP contribution in [0.3, 0.4) is 0 Å². The minimum atomic E-state index is -4.08. The molecule has 0 spiro atoms. The molecule has 8 nitrogen and oxygen atoms in total. The van der Waals surface area contributed by atoms with Crippen LogP contribution in [0.25, 0.3) is 0 Å². The molecule has 2 aromatic rings. The molecule has 0 saturated carbocycles. The maximum Gasteiger partial charge on any atom is 0.265 e. The molecule has 1 aliphatic heterocycles. The van der Waals surface area contributed by atoms with Gasteiger partial charge in [-0.15, -0.1) is 0 Å². The van der Waals surface area contributed by atoms with Gasteiger partial charge in [-0.2, -0.15) is 4.31 Å². The van der Waals surface area contributed by atoms with E-state index in [4.69, 9.17) is 16.3 Å². The number of carbonyl (C=O) groups is 2. The van der Waals surface area contributed by atoms with Crippen LogP contribution in [0, 0.1) is 12.7 Å². The second-order valence-corrected chi connectivity index (χ2v) is 9.50. The van der Waals surface area contributed by atoms with Crippen LogP contribution < -0.4 is 15.4 Å². The lowest BCUT2D eigenvalue weighted by molar-refractivity contribution is -0.123. The number of hydrogen-bond acceptors (Lipinski definition) is 5. The zero-order valence-corrected chi connectivity index (χ0v) is 18.6. The summed E-state index contributed by atoms with van der Waals surface area (Å²) >= 11 is 5.68. The van der Waals surface area contributed by atoms with Crippen LogP contribution in [-0.4, -0.2) is 44.2 Å². The van der Waals surface area contributed by atoms with Crippen molar-refractivity contribution in [3.63, 3.8) is 0 Å².